The van der Waals surface area contributed by atoms with Gasteiger partial charge in [0.25, 0.3) is 0 Å². The lowest BCUT2D eigenvalue weighted by atomic mass is 9.99. The molecule has 0 bridgehead atoms. The number of nitrogens with two attached hydrogens (primary N) is 1. The summed E-state index contributed by atoms with van der Waals surface area (Å²) in [5.41, 5.74) is 7.19. The highest BCUT2D eigenvalue weighted by atomic mass is 35.5. The molecule has 0 aliphatic rings. The summed E-state index contributed by atoms with van der Waals surface area (Å²) in [7, 11) is 0. The summed E-state index contributed by atoms with van der Waals surface area (Å²) < 4.78 is 5.37. The van der Waals surface area contributed by atoms with Crippen molar-refractivity contribution < 1.29 is 4.42 Å². The first-order chi connectivity index (χ1) is 8.75. The van der Waals surface area contributed by atoms with E-state index in [0.717, 1.165) is 16.3 Å². The van der Waals surface area contributed by atoms with Gasteiger partial charge >= 0.3 is 0 Å². The van der Waals surface area contributed by atoms with Crippen LogP contribution < -0.4 is 5.73 Å². The molecule has 0 saturated heterocycles. The fourth-order valence-electron chi connectivity index (χ4n) is 2.06. The van der Waals surface area contributed by atoms with Gasteiger partial charge in [-0.2, -0.15) is 0 Å². The molecule has 0 spiro atoms. The maximum Gasteiger partial charge on any atom is 0.193 e. The topological polar surface area (TPSA) is 52.0 Å². The maximum absolute atomic E-state index is 6.22. The summed E-state index contributed by atoms with van der Waals surface area (Å²) in [5, 5.41) is 2.48. The average molecular weight is 259 g/mol. The third-order valence-corrected chi connectivity index (χ3v) is 3.16. The highest BCUT2D eigenvalue weighted by Crippen LogP contribution is 2.28. The SMILES string of the molecule is NC(c1ccc(Cl)o1)c1cccc2ccncc12. The van der Waals surface area contributed by atoms with E-state index in [9.17, 15) is 0 Å². The molecule has 3 aromatic rings. The molecule has 3 rings (SSSR count). The molecule has 1 unspecified atom stereocenters. The van der Waals surface area contributed by atoms with Crippen LogP contribution in [0.4, 0.5) is 0 Å². The molecule has 0 aliphatic carbocycles. The van der Waals surface area contributed by atoms with E-state index < -0.39 is 0 Å². The van der Waals surface area contributed by atoms with Crippen LogP contribution >= 0.6 is 11.6 Å². The number of hydrogen-bond acceptors (Lipinski definition) is 3. The van der Waals surface area contributed by atoms with Gasteiger partial charge in [0.15, 0.2) is 5.22 Å². The van der Waals surface area contributed by atoms with Gasteiger partial charge in [0.1, 0.15) is 5.76 Å². The van der Waals surface area contributed by atoms with Crippen LogP contribution in [0.2, 0.25) is 5.22 Å². The predicted octanol–water partition coefficient (Wildman–Crippen LogP) is 3.53. The summed E-state index contributed by atoms with van der Waals surface area (Å²) in [6, 6.07) is 11.1. The van der Waals surface area contributed by atoms with E-state index in [-0.39, 0.29) is 6.04 Å². The van der Waals surface area contributed by atoms with Gasteiger partial charge in [0.2, 0.25) is 0 Å². The zero-order chi connectivity index (χ0) is 12.5. The molecule has 0 aliphatic heterocycles. The molecular formula is C14H11ClN2O. The quantitative estimate of drug-likeness (QED) is 0.765. The van der Waals surface area contributed by atoms with E-state index >= 15 is 0 Å². The van der Waals surface area contributed by atoms with Gasteiger partial charge in [-0.25, -0.2) is 0 Å². The Labute approximate surface area is 109 Å². The van der Waals surface area contributed by atoms with Crippen molar-refractivity contribution in [2.75, 3.05) is 0 Å². The first-order valence-electron chi connectivity index (χ1n) is 5.59. The highest BCUT2D eigenvalue weighted by Gasteiger charge is 2.15. The summed E-state index contributed by atoms with van der Waals surface area (Å²) in [6.45, 7) is 0. The van der Waals surface area contributed by atoms with Crippen LogP contribution in [-0.2, 0) is 0 Å². The number of nitrogens with zero attached hydrogens (tertiary/aromatic N) is 1. The molecule has 2 N–H and O–H groups in total. The molecule has 4 heteroatoms. The Hall–Kier alpha value is -1.84. The van der Waals surface area contributed by atoms with Crippen molar-refractivity contribution in [3.63, 3.8) is 0 Å². The molecule has 2 aromatic heterocycles. The first-order valence-corrected chi connectivity index (χ1v) is 5.97. The Morgan fingerprint density at radius 2 is 2.06 bits per heavy atom. The minimum absolute atomic E-state index is 0.342. The van der Waals surface area contributed by atoms with Crippen LogP contribution in [0.25, 0.3) is 10.8 Å². The van der Waals surface area contributed by atoms with Crippen LogP contribution in [0.3, 0.4) is 0 Å². The lowest BCUT2D eigenvalue weighted by Crippen LogP contribution is -2.11. The standard InChI is InChI=1S/C14H11ClN2O/c15-13-5-4-12(18-13)14(16)10-3-1-2-9-6-7-17-8-11(9)10/h1-8,14H,16H2. The van der Waals surface area contributed by atoms with Crippen LogP contribution in [0.1, 0.15) is 17.4 Å². The minimum Gasteiger partial charge on any atom is -0.448 e. The molecule has 1 aromatic carbocycles. The molecule has 1 atom stereocenters. The van der Waals surface area contributed by atoms with Gasteiger partial charge in [-0.1, -0.05) is 18.2 Å². The monoisotopic (exact) mass is 258 g/mol. The first kappa shape index (κ1) is 11.3. The predicted molar refractivity (Wildman–Crippen MR) is 71.5 cm³/mol. The van der Waals surface area contributed by atoms with Crippen LogP contribution in [0.15, 0.2) is 53.2 Å². The Bertz CT molecular complexity index is 688. The summed E-state index contributed by atoms with van der Waals surface area (Å²) >= 11 is 5.78. The van der Waals surface area contributed by atoms with Gasteiger partial charge in [0, 0.05) is 17.8 Å². The van der Waals surface area contributed by atoms with Crippen molar-refractivity contribution in [2.24, 2.45) is 5.73 Å². The number of aromatic nitrogens is 1. The molecule has 0 amide bonds. The average Bonchev–Trinajstić information content (AvgIpc) is 2.84. The number of fused-ring (bicyclic) bond motifs is 1. The van der Waals surface area contributed by atoms with Crippen LogP contribution in [0, 0.1) is 0 Å². The number of rotatable bonds is 2. The normalized spacial score (nSPS) is 12.8. The second-order valence-electron chi connectivity index (χ2n) is 4.06. The molecular weight excluding hydrogens is 248 g/mol. The van der Waals surface area contributed by atoms with Crippen LogP contribution in [-0.4, -0.2) is 4.98 Å². The molecule has 0 saturated carbocycles. The Kier molecular flexibility index (Phi) is 2.78. The van der Waals surface area contributed by atoms with Gasteiger partial charge in [-0.15, -0.1) is 0 Å². The number of benzene rings is 1. The van der Waals surface area contributed by atoms with E-state index in [1.54, 1.807) is 18.3 Å². The molecule has 0 fully saturated rings. The van der Waals surface area contributed by atoms with Gasteiger partial charge in [0.05, 0.1) is 6.04 Å². The fraction of sp³-hybridized carbons (Fsp3) is 0.0714. The summed E-state index contributed by atoms with van der Waals surface area (Å²) in [5.74, 6) is 0.649. The molecule has 3 nitrogen and oxygen atoms in total. The largest absolute Gasteiger partial charge is 0.448 e. The van der Waals surface area contributed by atoms with Gasteiger partial charge in [-0.3, -0.25) is 4.98 Å². The lowest BCUT2D eigenvalue weighted by Gasteiger charge is -2.12. The molecule has 18 heavy (non-hydrogen) atoms. The van der Waals surface area contributed by atoms with Crippen molar-refractivity contribution in [1.29, 1.82) is 0 Å². The second kappa shape index (κ2) is 4.44. The highest BCUT2D eigenvalue weighted by molar-refractivity contribution is 6.28. The molecule has 2 heterocycles. The van der Waals surface area contributed by atoms with Gasteiger partial charge < -0.3 is 10.2 Å². The number of furan rings is 1. The lowest BCUT2D eigenvalue weighted by molar-refractivity contribution is 0.492. The Morgan fingerprint density at radius 1 is 1.17 bits per heavy atom. The Morgan fingerprint density at radius 3 is 2.83 bits per heavy atom. The van der Waals surface area contributed by atoms with Crippen molar-refractivity contribution in [3.8, 4) is 0 Å². The van der Waals surface area contributed by atoms with E-state index in [1.165, 1.54) is 0 Å². The van der Waals surface area contributed by atoms with Crippen LogP contribution in [0.5, 0.6) is 0 Å². The van der Waals surface area contributed by atoms with E-state index in [2.05, 4.69) is 4.98 Å². The number of pyridine rings is 1. The maximum atomic E-state index is 6.22. The summed E-state index contributed by atoms with van der Waals surface area (Å²) in [6.07, 6.45) is 3.58. The Balaban J connectivity index is 2.14. The number of hydrogen-bond donors (Lipinski definition) is 1. The fourth-order valence-corrected chi connectivity index (χ4v) is 2.21. The molecule has 90 valence electrons. The van der Waals surface area contributed by atoms with Gasteiger partial charge in [-0.05, 0) is 40.7 Å². The zero-order valence-electron chi connectivity index (χ0n) is 9.51. The summed E-state index contributed by atoms with van der Waals surface area (Å²) in [4.78, 5) is 4.14. The van der Waals surface area contributed by atoms with Crippen molar-refractivity contribution in [2.45, 2.75) is 6.04 Å². The van der Waals surface area contributed by atoms with E-state index in [1.807, 2.05) is 30.5 Å². The third kappa shape index (κ3) is 1.88. The number of halogens is 1. The van der Waals surface area contributed by atoms with Crippen molar-refractivity contribution in [3.05, 3.63) is 65.3 Å². The van der Waals surface area contributed by atoms with E-state index in [4.69, 9.17) is 21.8 Å². The zero-order valence-corrected chi connectivity index (χ0v) is 10.3. The smallest absolute Gasteiger partial charge is 0.193 e. The van der Waals surface area contributed by atoms with Crippen molar-refractivity contribution >= 4 is 22.4 Å². The third-order valence-electron chi connectivity index (χ3n) is 2.95. The molecule has 0 radical (unpaired) electrons. The second-order valence-corrected chi connectivity index (χ2v) is 4.44. The van der Waals surface area contributed by atoms with E-state index in [0.29, 0.717) is 11.0 Å². The van der Waals surface area contributed by atoms with Crippen molar-refractivity contribution in [1.82, 2.24) is 4.98 Å². The minimum atomic E-state index is -0.342.